The summed E-state index contributed by atoms with van der Waals surface area (Å²) in [7, 11) is 1.87. The Balaban J connectivity index is 0.00000225. The van der Waals surface area contributed by atoms with Crippen molar-refractivity contribution in [1.82, 2.24) is 20.2 Å². The maximum atomic E-state index is 4.63. The lowest BCUT2D eigenvalue weighted by molar-refractivity contribution is 0.403. The first-order chi connectivity index (χ1) is 11.7. The molecule has 1 aliphatic rings. The normalized spacial score (nSPS) is 18.0. The van der Waals surface area contributed by atoms with Crippen molar-refractivity contribution in [3.8, 4) is 0 Å². The van der Waals surface area contributed by atoms with E-state index in [0.29, 0.717) is 0 Å². The minimum atomic E-state index is 0. The third kappa shape index (κ3) is 5.33. The monoisotopic (exact) mass is 455 g/mol. The van der Waals surface area contributed by atoms with Crippen molar-refractivity contribution in [3.63, 3.8) is 0 Å². The third-order valence-corrected chi connectivity index (χ3v) is 4.69. The quantitative estimate of drug-likeness (QED) is 0.411. The first kappa shape index (κ1) is 20.0. The predicted octanol–water partition coefficient (Wildman–Crippen LogP) is 3.67. The van der Waals surface area contributed by atoms with E-state index in [1.807, 2.05) is 25.2 Å². The van der Waals surface area contributed by atoms with Crippen LogP contribution in [0.1, 0.15) is 32.5 Å². The average molecular weight is 455 g/mol. The number of halogens is 1. The molecule has 0 amide bonds. The Morgan fingerprint density at radius 1 is 1.40 bits per heavy atom. The number of imidazole rings is 1. The number of aromatic amines is 1. The van der Waals surface area contributed by atoms with E-state index in [1.165, 1.54) is 12.8 Å². The zero-order valence-electron chi connectivity index (χ0n) is 15.5. The van der Waals surface area contributed by atoms with Crippen LogP contribution in [-0.4, -0.2) is 47.5 Å². The molecule has 0 saturated carbocycles. The molecule has 0 radical (unpaired) electrons. The maximum Gasteiger partial charge on any atom is 0.193 e. The molecule has 0 spiro atoms. The molecule has 6 heteroatoms. The fraction of sp³-hybridized carbons (Fsp3) is 0.579. The van der Waals surface area contributed by atoms with Gasteiger partial charge in [-0.25, -0.2) is 4.98 Å². The van der Waals surface area contributed by atoms with Crippen molar-refractivity contribution >= 4 is 41.0 Å². The van der Waals surface area contributed by atoms with E-state index >= 15 is 0 Å². The van der Waals surface area contributed by atoms with Gasteiger partial charge in [-0.15, -0.1) is 24.0 Å². The molecule has 2 aromatic rings. The summed E-state index contributed by atoms with van der Waals surface area (Å²) in [5.41, 5.74) is 2.14. The molecule has 1 aromatic carbocycles. The number of aromatic nitrogens is 2. The Labute approximate surface area is 167 Å². The molecule has 0 aliphatic carbocycles. The van der Waals surface area contributed by atoms with Crippen LogP contribution in [0, 0.1) is 11.8 Å². The van der Waals surface area contributed by atoms with Gasteiger partial charge in [-0.2, -0.15) is 0 Å². The number of nitrogens with one attached hydrogen (secondary N) is 2. The molecular weight excluding hydrogens is 425 g/mol. The molecular formula is C19H30IN5. The van der Waals surface area contributed by atoms with Gasteiger partial charge in [0, 0.05) is 33.1 Å². The molecule has 1 saturated heterocycles. The SMILES string of the molecule is CN=C(NCCc1nc2ccccc2[nH]1)N1CCC(CC(C)C)C1.I. The maximum absolute atomic E-state index is 4.63. The molecule has 3 rings (SSSR count). The second-order valence-corrected chi connectivity index (χ2v) is 7.15. The number of guanidine groups is 1. The van der Waals surface area contributed by atoms with Crippen molar-refractivity contribution in [2.24, 2.45) is 16.8 Å². The number of aliphatic imine (C=N–C) groups is 1. The molecule has 1 unspecified atom stereocenters. The Hall–Kier alpha value is -1.31. The first-order valence-electron chi connectivity index (χ1n) is 9.05. The van der Waals surface area contributed by atoms with Crippen molar-refractivity contribution < 1.29 is 0 Å². The van der Waals surface area contributed by atoms with Crippen LogP contribution in [-0.2, 0) is 6.42 Å². The van der Waals surface area contributed by atoms with Gasteiger partial charge < -0.3 is 15.2 Å². The molecule has 25 heavy (non-hydrogen) atoms. The van der Waals surface area contributed by atoms with Gasteiger partial charge in [0.1, 0.15) is 5.82 Å². The summed E-state index contributed by atoms with van der Waals surface area (Å²) >= 11 is 0. The van der Waals surface area contributed by atoms with E-state index in [-0.39, 0.29) is 24.0 Å². The van der Waals surface area contributed by atoms with E-state index in [1.54, 1.807) is 0 Å². The Morgan fingerprint density at radius 3 is 2.92 bits per heavy atom. The highest BCUT2D eigenvalue weighted by Crippen LogP contribution is 2.23. The standard InChI is InChI=1S/C19H29N5.HI/c1-14(2)12-15-9-11-24(13-15)19(20-3)21-10-8-18-22-16-6-4-5-7-17(16)23-18;/h4-7,14-15H,8-13H2,1-3H3,(H,20,21)(H,22,23);1H. The second-order valence-electron chi connectivity index (χ2n) is 7.15. The zero-order chi connectivity index (χ0) is 16.9. The van der Waals surface area contributed by atoms with Crippen molar-refractivity contribution in [2.45, 2.75) is 33.1 Å². The van der Waals surface area contributed by atoms with E-state index in [2.05, 4.69) is 45.1 Å². The van der Waals surface area contributed by atoms with Crippen LogP contribution in [0.5, 0.6) is 0 Å². The van der Waals surface area contributed by atoms with Gasteiger partial charge >= 0.3 is 0 Å². The highest BCUT2D eigenvalue weighted by Gasteiger charge is 2.25. The lowest BCUT2D eigenvalue weighted by Crippen LogP contribution is -2.41. The van der Waals surface area contributed by atoms with Crippen LogP contribution in [0.3, 0.4) is 0 Å². The van der Waals surface area contributed by atoms with Crippen molar-refractivity contribution in [2.75, 3.05) is 26.7 Å². The number of para-hydroxylation sites is 2. The average Bonchev–Trinajstić information content (AvgIpc) is 3.17. The largest absolute Gasteiger partial charge is 0.356 e. The number of hydrogen-bond acceptors (Lipinski definition) is 2. The number of fused-ring (bicyclic) bond motifs is 1. The molecule has 1 aromatic heterocycles. The van der Waals surface area contributed by atoms with Crippen LogP contribution in [0.25, 0.3) is 11.0 Å². The van der Waals surface area contributed by atoms with Crippen LogP contribution in [0.4, 0.5) is 0 Å². The number of rotatable bonds is 5. The highest BCUT2D eigenvalue weighted by molar-refractivity contribution is 14.0. The molecule has 5 nitrogen and oxygen atoms in total. The van der Waals surface area contributed by atoms with Crippen molar-refractivity contribution in [1.29, 1.82) is 0 Å². The van der Waals surface area contributed by atoms with E-state index in [0.717, 1.165) is 60.7 Å². The Kier molecular flexibility index (Phi) is 7.53. The summed E-state index contributed by atoms with van der Waals surface area (Å²) in [5, 5.41) is 3.49. The number of likely N-dealkylation sites (tertiary alicyclic amines) is 1. The fourth-order valence-corrected chi connectivity index (χ4v) is 3.63. The molecule has 0 bridgehead atoms. The van der Waals surface area contributed by atoms with E-state index in [4.69, 9.17) is 0 Å². The number of benzene rings is 1. The lowest BCUT2D eigenvalue weighted by Gasteiger charge is -2.22. The summed E-state index contributed by atoms with van der Waals surface area (Å²) in [6, 6.07) is 8.16. The van der Waals surface area contributed by atoms with Gasteiger partial charge in [-0.05, 0) is 36.8 Å². The summed E-state index contributed by atoms with van der Waals surface area (Å²) in [4.78, 5) is 14.9. The minimum Gasteiger partial charge on any atom is -0.356 e. The summed E-state index contributed by atoms with van der Waals surface area (Å²) < 4.78 is 0. The van der Waals surface area contributed by atoms with Crippen LogP contribution in [0.2, 0.25) is 0 Å². The zero-order valence-corrected chi connectivity index (χ0v) is 17.8. The molecule has 1 atom stereocenters. The Bertz CT molecular complexity index is 661. The number of hydrogen-bond donors (Lipinski definition) is 2. The first-order valence-corrected chi connectivity index (χ1v) is 9.05. The van der Waals surface area contributed by atoms with Gasteiger partial charge in [-0.1, -0.05) is 26.0 Å². The van der Waals surface area contributed by atoms with Crippen LogP contribution >= 0.6 is 24.0 Å². The van der Waals surface area contributed by atoms with Crippen LogP contribution < -0.4 is 5.32 Å². The molecule has 138 valence electrons. The summed E-state index contributed by atoms with van der Waals surface area (Å²) in [6.45, 7) is 7.70. The molecule has 1 aliphatic heterocycles. The number of H-pyrrole nitrogens is 1. The summed E-state index contributed by atoms with van der Waals surface area (Å²) in [6.07, 6.45) is 3.46. The molecule has 1 fully saturated rings. The van der Waals surface area contributed by atoms with Gasteiger partial charge in [0.25, 0.3) is 0 Å². The topological polar surface area (TPSA) is 56.3 Å². The van der Waals surface area contributed by atoms with Crippen LogP contribution in [0.15, 0.2) is 29.3 Å². The lowest BCUT2D eigenvalue weighted by atomic mass is 9.97. The van der Waals surface area contributed by atoms with Gasteiger partial charge in [0.2, 0.25) is 0 Å². The minimum absolute atomic E-state index is 0. The van der Waals surface area contributed by atoms with Crippen molar-refractivity contribution in [3.05, 3.63) is 30.1 Å². The van der Waals surface area contributed by atoms with Gasteiger partial charge in [0.15, 0.2) is 5.96 Å². The predicted molar refractivity (Wildman–Crippen MR) is 116 cm³/mol. The fourth-order valence-electron chi connectivity index (χ4n) is 3.63. The molecule has 2 heterocycles. The molecule has 2 N–H and O–H groups in total. The van der Waals surface area contributed by atoms with Gasteiger partial charge in [0.05, 0.1) is 11.0 Å². The van der Waals surface area contributed by atoms with Gasteiger partial charge in [-0.3, -0.25) is 4.99 Å². The summed E-state index contributed by atoms with van der Waals surface area (Å²) in [5.74, 6) is 3.63. The highest BCUT2D eigenvalue weighted by atomic mass is 127. The van der Waals surface area contributed by atoms with E-state index in [9.17, 15) is 0 Å². The Morgan fingerprint density at radius 2 is 2.20 bits per heavy atom. The smallest absolute Gasteiger partial charge is 0.193 e. The third-order valence-electron chi connectivity index (χ3n) is 4.69. The number of nitrogens with zero attached hydrogens (tertiary/aromatic N) is 3. The second kappa shape index (κ2) is 9.40. The van der Waals surface area contributed by atoms with E-state index < -0.39 is 0 Å².